The molecule has 1 heterocycles. The van der Waals surface area contributed by atoms with E-state index in [-0.39, 0.29) is 0 Å². The van der Waals surface area contributed by atoms with Crippen molar-refractivity contribution >= 4 is 0 Å². The van der Waals surface area contributed by atoms with Crippen LogP contribution in [-0.4, -0.2) is 11.2 Å². The Labute approximate surface area is 104 Å². The topological polar surface area (TPSA) is 104 Å². The smallest absolute Gasteiger partial charge is 0.250 e. The zero-order valence-corrected chi connectivity index (χ0v) is 9.58. The van der Waals surface area contributed by atoms with Gasteiger partial charge in [-0.3, -0.25) is 0 Å². The highest BCUT2D eigenvalue weighted by Gasteiger charge is 2.65. The van der Waals surface area contributed by atoms with Crippen molar-refractivity contribution in [2.45, 2.75) is 18.1 Å². The summed E-state index contributed by atoms with van der Waals surface area (Å²) in [5.41, 5.74) is -2.79. The third-order valence-corrected chi connectivity index (χ3v) is 3.42. The van der Waals surface area contributed by atoms with Gasteiger partial charge < -0.3 is 4.74 Å². The van der Waals surface area contributed by atoms with Crippen LogP contribution >= 0.6 is 0 Å². The molecule has 2 rings (SSSR count). The summed E-state index contributed by atoms with van der Waals surface area (Å²) in [6, 6.07) is 7.25. The summed E-state index contributed by atoms with van der Waals surface area (Å²) < 4.78 is 5.31. The van der Waals surface area contributed by atoms with Crippen LogP contribution in [0.15, 0.2) is 23.8 Å². The molecule has 0 aromatic carbocycles. The lowest BCUT2D eigenvalue weighted by molar-refractivity contribution is 0.00964. The second-order valence-electron chi connectivity index (χ2n) is 4.32. The Morgan fingerprint density at radius 2 is 1.61 bits per heavy atom. The fourth-order valence-corrected chi connectivity index (χ4v) is 2.58. The first kappa shape index (κ1) is 11.9. The van der Waals surface area contributed by atoms with Crippen molar-refractivity contribution in [3.8, 4) is 24.3 Å². The molecule has 1 aliphatic heterocycles. The second kappa shape index (κ2) is 3.71. The van der Waals surface area contributed by atoms with Gasteiger partial charge >= 0.3 is 0 Å². The van der Waals surface area contributed by atoms with Crippen LogP contribution in [0.2, 0.25) is 0 Å². The first-order chi connectivity index (χ1) is 8.59. The van der Waals surface area contributed by atoms with E-state index in [0.29, 0.717) is 0 Å². The molecule has 5 nitrogen and oxygen atoms in total. The largest absolute Gasteiger partial charge is 0.312 e. The van der Waals surface area contributed by atoms with E-state index >= 15 is 0 Å². The van der Waals surface area contributed by atoms with Crippen molar-refractivity contribution in [3.63, 3.8) is 0 Å². The van der Waals surface area contributed by atoms with Crippen molar-refractivity contribution in [2.24, 2.45) is 11.8 Å². The monoisotopic (exact) mass is 236 g/mol. The summed E-state index contributed by atoms with van der Waals surface area (Å²) in [5, 5.41) is 36.8. The Morgan fingerprint density at radius 1 is 1.06 bits per heavy atom. The highest BCUT2D eigenvalue weighted by atomic mass is 16.5. The van der Waals surface area contributed by atoms with Crippen LogP contribution in [0, 0.1) is 57.2 Å². The van der Waals surface area contributed by atoms with E-state index < -0.39 is 23.0 Å². The van der Waals surface area contributed by atoms with Crippen LogP contribution in [-0.2, 0) is 4.74 Å². The van der Waals surface area contributed by atoms with Crippen LogP contribution in [0.3, 0.4) is 0 Å². The molecule has 0 bridgehead atoms. The fraction of sp³-hybridized carbons (Fsp3) is 0.385. The minimum absolute atomic E-state index is 0.586. The summed E-state index contributed by atoms with van der Waals surface area (Å²) in [5.74, 6) is -1.19. The molecule has 0 aromatic heterocycles. The summed E-state index contributed by atoms with van der Waals surface area (Å²) in [4.78, 5) is 0. The Hall–Kier alpha value is -2.60. The molecule has 0 aromatic rings. The number of hydrogen-bond donors (Lipinski definition) is 0. The lowest BCUT2D eigenvalue weighted by atomic mass is 9.71. The Balaban J connectivity index is 2.68. The molecule has 5 heteroatoms. The van der Waals surface area contributed by atoms with Crippen LogP contribution in [0.1, 0.15) is 6.92 Å². The minimum Gasteiger partial charge on any atom is -0.312 e. The van der Waals surface area contributed by atoms with E-state index in [1.54, 1.807) is 37.3 Å². The molecule has 1 fully saturated rings. The van der Waals surface area contributed by atoms with E-state index in [1.807, 2.05) is 12.1 Å². The number of allylic oxidation sites excluding steroid dienone is 2. The van der Waals surface area contributed by atoms with Crippen molar-refractivity contribution in [3.05, 3.63) is 23.8 Å². The molecule has 0 radical (unpaired) electrons. The summed E-state index contributed by atoms with van der Waals surface area (Å²) in [7, 11) is 0. The standard InChI is InChI=1S/C13H8N4O/c1-9-3-2-4-10-11(9)13(7-16,8-17)18-12(10,5-14)6-15/h2-4,10-11H,1H3. The molecule has 2 unspecified atom stereocenters. The molecule has 0 spiro atoms. The molecule has 86 valence electrons. The average molecular weight is 236 g/mol. The predicted octanol–water partition coefficient (Wildman–Crippen LogP) is 1.34. The zero-order chi connectivity index (χ0) is 13.4. The third kappa shape index (κ3) is 1.20. The number of nitriles is 4. The molecule has 0 saturated carbocycles. The lowest BCUT2D eigenvalue weighted by Gasteiger charge is -2.25. The Morgan fingerprint density at radius 3 is 2.11 bits per heavy atom. The summed E-state index contributed by atoms with van der Waals surface area (Å²) >= 11 is 0. The third-order valence-electron chi connectivity index (χ3n) is 3.42. The summed E-state index contributed by atoms with van der Waals surface area (Å²) in [6.45, 7) is 1.76. The predicted molar refractivity (Wildman–Crippen MR) is 58.9 cm³/mol. The maximum Gasteiger partial charge on any atom is 0.250 e. The van der Waals surface area contributed by atoms with E-state index in [4.69, 9.17) is 4.74 Å². The molecule has 0 N–H and O–H groups in total. The quantitative estimate of drug-likeness (QED) is 0.631. The molecule has 1 saturated heterocycles. The van der Waals surface area contributed by atoms with Gasteiger partial charge in [-0.2, -0.15) is 21.0 Å². The molecule has 18 heavy (non-hydrogen) atoms. The minimum atomic E-state index is -1.78. The molecular formula is C13H8N4O. The molecule has 0 amide bonds. The number of fused-ring (bicyclic) bond motifs is 1. The molecule has 1 aliphatic carbocycles. The van der Waals surface area contributed by atoms with Gasteiger partial charge in [-0.25, -0.2) is 0 Å². The molecule has 2 aliphatic rings. The van der Waals surface area contributed by atoms with E-state index in [2.05, 4.69) is 0 Å². The number of nitrogens with zero attached hydrogens (tertiary/aromatic N) is 4. The first-order valence-electron chi connectivity index (χ1n) is 5.29. The number of hydrogen-bond acceptors (Lipinski definition) is 5. The lowest BCUT2D eigenvalue weighted by Crippen LogP contribution is -2.35. The summed E-state index contributed by atoms with van der Waals surface area (Å²) in [6.07, 6.45) is 5.13. The van der Waals surface area contributed by atoms with Crippen LogP contribution < -0.4 is 0 Å². The number of ether oxygens (including phenoxy) is 1. The molecular weight excluding hydrogens is 228 g/mol. The van der Waals surface area contributed by atoms with Crippen LogP contribution in [0.5, 0.6) is 0 Å². The van der Waals surface area contributed by atoms with Gasteiger partial charge in [0.05, 0.1) is 0 Å². The van der Waals surface area contributed by atoms with Gasteiger partial charge in [-0.05, 0) is 6.92 Å². The first-order valence-corrected chi connectivity index (χ1v) is 5.29. The van der Waals surface area contributed by atoms with Gasteiger partial charge in [-0.15, -0.1) is 0 Å². The second-order valence-corrected chi connectivity index (χ2v) is 4.32. The Kier molecular flexibility index (Phi) is 2.45. The van der Waals surface area contributed by atoms with Crippen molar-refractivity contribution < 1.29 is 4.74 Å². The van der Waals surface area contributed by atoms with Crippen molar-refractivity contribution in [1.82, 2.24) is 0 Å². The van der Waals surface area contributed by atoms with E-state index in [9.17, 15) is 21.0 Å². The van der Waals surface area contributed by atoms with Crippen molar-refractivity contribution in [2.75, 3.05) is 0 Å². The highest BCUT2D eigenvalue weighted by molar-refractivity contribution is 5.44. The van der Waals surface area contributed by atoms with Crippen LogP contribution in [0.25, 0.3) is 0 Å². The van der Waals surface area contributed by atoms with Gasteiger partial charge in [0.1, 0.15) is 24.3 Å². The molecule has 2 atom stereocenters. The average Bonchev–Trinajstić information content (AvgIpc) is 2.72. The van der Waals surface area contributed by atoms with Crippen molar-refractivity contribution in [1.29, 1.82) is 21.0 Å². The normalized spacial score (nSPS) is 29.9. The fourth-order valence-electron chi connectivity index (χ4n) is 2.58. The van der Waals surface area contributed by atoms with Gasteiger partial charge in [0, 0.05) is 11.8 Å². The number of rotatable bonds is 0. The van der Waals surface area contributed by atoms with Gasteiger partial charge in [0.25, 0.3) is 11.2 Å². The Bertz CT molecular complexity index is 589. The highest BCUT2D eigenvalue weighted by Crippen LogP contribution is 2.51. The SMILES string of the molecule is CC1=CC=CC2C1C(C#N)(C#N)OC2(C#N)C#N. The maximum absolute atomic E-state index is 9.23. The van der Waals surface area contributed by atoms with Gasteiger partial charge in [0.2, 0.25) is 0 Å². The maximum atomic E-state index is 9.23. The van der Waals surface area contributed by atoms with Crippen LogP contribution in [0.4, 0.5) is 0 Å². The van der Waals surface area contributed by atoms with Gasteiger partial charge in [0.15, 0.2) is 0 Å². The van der Waals surface area contributed by atoms with E-state index in [0.717, 1.165) is 5.57 Å². The van der Waals surface area contributed by atoms with Gasteiger partial charge in [-0.1, -0.05) is 23.8 Å². The van der Waals surface area contributed by atoms with E-state index in [1.165, 1.54) is 0 Å². The zero-order valence-electron chi connectivity index (χ0n) is 9.58.